The number of rotatable bonds is 7. The van der Waals surface area contributed by atoms with E-state index >= 15 is 0 Å². The van der Waals surface area contributed by atoms with Crippen LogP contribution in [0.25, 0.3) is 22.2 Å². The van der Waals surface area contributed by atoms with Gasteiger partial charge in [-0.25, -0.2) is 9.97 Å². The van der Waals surface area contributed by atoms with E-state index in [2.05, 4.69) is 75.0 Å². The van der Waals surface area contributed by atoms with Gasteiger partial charge in [-0.3, -0.25) is 4.79 Å². The number of aldehydes is 1. The van der Waals surface area contributed by atoms with E-state index in [-0.39, 0.29) is 5.04 Å². The number of benzene rings is 1. The number of carbonyl (C=O) groups excluding carboxylic acids is 1. The minimum Gasteiger partial charge on any atom is -0.417 e. The third-order valence-electron chi connectivity index (χ3n) is 6.32. The number of nitrogens with zero attached hydrogens (tertiary/aromatic N) is 3. The normalized spacial score (nSPS) is 12.5. The van der Waals surface area contributed by atoms with E-state index in [0.29, 0.717) is 18.8 Å². The predicted octanol–water partition coefficient (Wildman–Crippen LogP) is 5.94. The summed E-state index contributed by atoms with van der Waals surface area (Å²) in [6.07, 6.45) is 3.35. The lowest BCUT2D eigenvalue weighted by molar-refractivity contribution is 0.111. The second-order valence-electron chi connectivity index (χ2n) is 9.52. The van der Waals surface area contributed by atoms with Gasteiger partial charge in [-0.1, -0.05) is 50.6 Å². The van der Waals surface area contributed by atoms with E-state index in [9.17, 15) is 4.79 Å². The maximum Gasteiger partial charge on any atom is 0.191 e. The molecule has 0 aliphatic heterocycles. The first-order valence-electron chi connectivity index (χ1n) is 10.6. The zero-order valence-electron chi connectivity index (χ0n) is 19.2. The molecule has 0 fully saturated rings. The van der Waals surface area contributed by atoms with Gasteiger partial charge in [0.2, 0.25) is 0 Å². The van der Waals surface area contributed by atoms with E-state index in [0.717, 1.165) is 40.6 Å². The lowest BCUT2D eigenvalue weighted by Crippen LogP contribution is -2.41. The number of carbonyl (C=O) groups is 1. The quantitative estimate of drug-likeness (QED) is 0.268. The Hall–Kier alpha value is -2.31. The van der Waals surface area contributed by atoms with Gasteiger partial charge in [0.05, 0.1) is 11.4 Å². The Morgan fingerprint density at radius 3 is 2.37 bits per heavy atom. The molecule has 0 amide bonds. The van der Waals surface area contributed by atoms with Gasteiger partial charge >= 0.3 is 0 Å². The second kappa shape index (κ2) is 8.44. The largest absolute Gasteiger partial charge is 0.417 e. The van der Waals surface area contributed by atoms with Crippen LogP contribution >= 0.6 is 0 Å². The summed E-state index contributed by atoms with van der Waals surface area (Å²) in [6, 6.07) is 8.27. The van der Waals surface area contributed by atoms with Crippen molar-refractivity contribution in [2.75, 3.05) is 6.61 Å². The summed E-state index contributed by atoms with van der Waals surface area (Å²) in [7, 11) is -1.78. The standard InChI is InChI=1S/C24H33N3O2Si/c1-17-9-11-19(12-10-17)22-20(15-28)27(23-21(22)18(2)25-16-26-23)13-8-14-29-30(6,7)24(3,4)5/h9-12,15-16H,8,13-14H2,1-7H3. The number of aromatic nitrogens is 3. The number of hydrogen-bond acceptors (Lipinski definition) is 4. The average Bonchev–Trinajstić information content (AvgIpc) is 3.00. The van der Waals surface area contributed by atoms with Gasteiger partial charge in [-0.15, -0.1) is 0 Å². The van der Waals surface area contributed by atoms with Crippen molar-refractivity contribution < 1.29 is 9.22 Å². The van der Waals surface area contributed by atoms with Crippen LogP contribution in [0.5, 0.6) is 0 Å². The van der Waals surface area contributed by atoms with Crippen LogP contribution in [-0.2, 0) is 11.0 Å². The van der Waals surface area contributed by atoms with Crippen molar-refractivity contribution in [1.29, 1.82) is 0 Å². The molecular formula is C24H33N3O2Si. The lowest BCUT2D eigenvalue weighted by Gasteiger charge is -2.36. The van der Waals surface area contributed by atoms with Gasteiger partial charge in [0.25, 0.3) is 0 Å². The Bertz CT molecular complexity index is 1050. The molecule has 0 atom stereocenters. The summed E-state index contributed by atoms with van der Waals surface area (Å²) in [5.74, 6) is 0. The third kappa shape index (κ3) is 4.25. The van der Waals surface area contributed by atoms with Gasteiger partial charge in [-0.2, -0.15) is 0 Å². The summed E-state index contributed by atoms with van der Waals surface area (Å²) >= 11 is 0. The highest BCUT2D eigenvalue weighted by Gasteiger charge is 2.36. The van der Waals surface area contributed by atoms with E-state index < -0.39 is 8.32 Å². The summed E-state index contributed by atoms with van der Waals surface area (Å²) in [4.78, 5) is 21.1. The summed E-state index contributed by atoms with van der Waals surface area (Å²) in [5, 5.41) is 1.14. The minimum absolute atomic E-state index is 0.185. The molecule has 0 spiro atoms. The Morgan fingerprint density at radius 1 is 1.10 bits per heavy atom. The molecular weight excluding hydrogens is 390 g/mol. The molecule has 0 bridgehead atoms. The SMILES string of the molecule is Cc1ccc(-c2c(C=O)n(CCCO[Si](C)(C)C(C)(C)C)c3ncnc(C)c23)cc1. The summed E-state index contributed by atoms with van der Waals surface area (Å²) < 4.78 is 8.36. The van der Waals surface area contributed by atoms with Gasteiger partial charge in [0.15, 0.2) is 14.6 Å². The topological polar surface area (TPSA) is 57.0 Å². The Balaban J connectivity index is 1.96. The summed E-state index contributed by atoms with van der Waals surface area (Å²) in [6.45, 7) is 16.7. The second-order valence-corrected chi connectivity index (χ2v) is 14.3. The van der Waals surface area contributed by atoms with E-state index in [1.54, 1.807) is 6.33 Å². The lowest BCUT2D eigenvalue weighted by atomic mass is 10.0. The van der Waals surface area contributed by atoms with Gasteiger partial charge in [0.1, 0.15) is 12.0 Å². The van der Waals surface area contributed by atoms with Crippen LogP contribution in [0.1, 0.15) is 48.9 Å². The molecule has 0 unspecified atom stereocenters. The van der Waals surface area contributed by atoms with Gasteiger partial charge in [0, 0.05) is 24.1 Å². The zero-order valence-corrected chi connectivity index (χ0v) is 20.2. The molecule has 2 aromatic heterocycles. The van der Waals surface area contributed by atoms with Crippen molar-refractivity contribution in [2.24, 2.45) is 0 Å². The van der Waals surface area contributed by atoms with Crippen LogP contribution in [0.3, 0.4) is 0 Å². The Kier molecular flexibility index (Phi) is 6.29. The van der Waals surface area contributed by atoms with Crippen LogP contribution in [-0.4, -0.2) is 35.7 Å². The van der Waals surface area contributed by atoms with Crippen molar-refractivity contribution in [3.05, 3.63) is 47.5 Å². The molecule has 2 heterocycles. The number of fused-ring (bicyclic) bond motifs is 1. The first-order valence-corrected chi connectivity index (χ1v) is 13.5. The molecule has 30 heavy (non-hydrogen) atoms. The van der Waals surface area contributed by atoms with Crippen LogP contribution in [0, 0.1) is 13.8 Å². The van der Waals surface area contributed by atoms with E-state index in [1.165, 1.54) is 5.56 Å². The van der Waals surface area contributed by atoms with E-state index in [1.807, 2.05) is 11.5 Å². The number of aryl methyl sites for hydroxylation is 3. The molecule has 1 aromatic carbocycles. The average molecular weight is 424 g/mol. The molecule has 0 radical (unpaired) electrons. The molecule has 160 valence electrons. The highest BCUT2D eigenvalue weighted by atomic mass is 28.4. The van der Waals surface area contributed by atoms with Crippen molar-refractivity contribution in [3.8, 4) is 11.1 Å². The number of hydrogen-bond donors (Lipinski definition) is 0. The van der Waals surface area contributed by atoms with Crippen molar-refractivity contribution >= 4 is 25.6 Å². The fourth-order valence-electron chi connectivity index (χ4n) is 3.46. The molecule has 0 aliphatic carbocycles. The van der Waals surface area contributed by atoms with Crippen molar-refractivity contribution in [2.45, 2.75) is 65.7 Å². The third-order valence-corrected chi connectivity index (χ3v) is 10.9. The highest BCUT2D eigenvalue weighted by Crippen LogP contribution is 2.37. The molecule has 3 aromatic rings. The monoisotopic (exact) mass is 423 g/mol. The maximum absolute atomic E-state index is 12.2. The fraction of sp³-hybridized carbons (Fsp3) is 0.458. The van der Waals surface area contributed by atoms with Crippen molar-refractivity contribution in [1.82, 2.24) is 14.5 Å². The smallest absolute Gasteiger partial charge is 0.191 e. The van der Waals surface area contributed by atoms with Crippen LogP contribution < -0.4 is 0 Å². The fourth-order valence-corrected chi connectivity index (χ4v) is 4.55. The van der Waals surface area contributed by atoms with Gasteiger partial charge < -0.3 is 8.99 Å². The summed E-state index contributed by atoms with van der Waals surface area (Å²) in [5.41, 5.74) is 5.48. The predicted molar refractivity (Wildman–Crippen MR) is 126 cm³/mol. The molecule has 6 heteroatoms. The van der Waals surface area contributed by atoms with Gasteiger partial charge in [-0.05, 0) is 44.0 Å². The molecule has 5 nitrogen and oxygen atoms in total. The molecule has 0 saturated carbocycles. The Labute approximate surface area is 180 Å². The van der Waals surface area contributed by atoms with Crippen LogP contribution in [0.15, 0.2) is 30.6 Å². The Morgan fingerprint density at radius 2 is 1.77 bits per heavy atom. The molecule has 0 N–H and O–H groups in total. The molecule has 3 rings (SSSR count). The first kappa shape index (κ1) is 22.4. The van der Waals surface area contributed by atoms with Crippen LogP contribution in [0.2, 0.25) is 18.1 Å². The molecule has 0 aliphatic rings. The first-order chi connectivity index (χ1) is 14.1. The minimum atomic E-state index is -1.78. The van der Waals surface area contributed by atoms with E-state index in [4.69, 9.17) is 4.43 Å². The maximum atomic E-state index is 12.2. The van der Waals surface area contributed by atoms with Crippen LogP contribution in [0.4, 0.5) is 0 Å². The zero-order chi connectivity index (χ0) is 22.1. The highest BCUT2D eigenvalue weighted by molar-refractivity contribution is 6.74. The molecule has 0 saturated heterocycles. The van der Waals surface area contributed by atoms with Crippen molar-refractivity contribution in [3.63, 3.8) is 0 Å².